The number of hydrogen-bond donors (Lipinski definition) is 3. The number of carboxylic acids is 2. The van der Waals surface area contributed by atoms with E-state index >= 15 is 0 Å². The summed E-state index contributed by atoms with van der Waals surface area (Å²) in [6, 6.07) is 5.34. The Bertz CT molecular complexity index is 752. The van der Waals surface area contributed by atoms with Crippen LogP contribution < -0.4 is 5.32 Å². The van der Waals surface area contributed by atoms with E-state index in [0.717, 1.165) is 0 Å². The number of aliphatic carboxylic acids is 2. The van der Waals surface area contributed by atoms with Crippen LogP contribution in [0.4, 0.5) is 5.69 Å². The van der Waals surface area contributed by atoms with Gasteiger partial charge in [-0.25, -0.2) is 9.59 Å². The number of hydrogen-bond acceptors (Lipinski definition) is 5. The number of rotatable bonds is 4. The molecule has 1 aromatic rings. The van der Waals surface area contributed by atoms with Crippen LogP contribution in [0.5, 0.6) is 0 Å². The van der Waals surface area contributed by atoms with Crippen molar-refractivity contribution in [1.29, 1.82) is 0 Å². The SMILES string of the molecule is CC1=C(C(=O)O)C(c2cccc([N+](=O)[O-])c2)C(C(=O)O)=C(C)N1.Cl.Cl. The molecule has 0 unspecified atom stereocenters. The first kappa shape index (κ1) is 22.4. The number of halogens is 2. The van der Waals surface area contributed by atoms with Gasteiger partial charge in [-0.05, 0) is 19.4 Å². The zero-order valence-corrected chi connectivity index (χ0v) is 14.8. The fraction of sp³-hybridized carbons (Fsp3) is 0.200. The number of nitrogens with zero attached hydrogens (tertiary/aromatic N) is 1. The van der Waals surface area contributed by atoms with Gasteiger partial charge in [-0.3, -0.25) is 10.1 Å². The molecule has 0 fully saturated rings. The Kier molecular flexibility index (Phi) is 7.62. The summed E-state index contributed by atoms with van der Waals surface area (Å²) in [5, 5.41) is 32.6. The molecule has 3 N–H and O–H groups in total. The third kappa shape index (κ3) is 4.28. The van der Waals surface area contributed by atoms with Gasteiger partial charge in [0.1, 0.15) is 0 Å². The Morgan fingerprint density at radius 3 is 1.96 bits per heavy atom. The maximum Gasteiger partial charge on any atom is 0.334 e. The largest absolute Gasteiger partial charge is 0.478 e. The Morgan fingerprint density at radius 1 is 1.08 bits per heavy atom. The Hall–Kier alpha value is -2.58. The minimum absolute atomic E-state index is 0. The third-order valence-corrected chi connectivity index (χ3v) is 3.64. The first-order valence-electron chi connectivity index (χ1n) is 6.63. The highest BCUT2D eigenvalue weighted by atomic mass is 35.5. The number of nitrogens with one attached hydrogen (secondary N) is 1. The number of dihydropyridines is 1. The van der Waals surface area contributed by atoms with Gasteiger partial charge >= 0.3 is 11.9 Å². The molecule has 0 atom stereocenters. The summed E-state index contributed by atoms with van der Waals surface area (Å²) >= 11 is 0. The lowest BCUT2D eigenvalue weighted by Crippen LogP contribution is -2.31. The topological polar surface area (TPSA) is 130 Å². The molecule has 0 saturated carbocycles. The van der Waals surface area contributed by atoms with Gasteiger partial charge in [0, 0.05) is 23.5 Å². The van der Waals surface area contributed by atoms with Crippen LogP contribution in [0, 0.1) is 10.1 Å². The van der Waals surface area contributed by atoms with Gasteiger partial charge in [0.15, 0.2) is 0 Å². The zero-order valence-electron chi connectivity index (χ0n) is 13.2. The first-order chi connectivity index (χ1) is 10.7. The molecule has 0 aliphatic carbocycles. The highest BCUT2D eigenvalue weighted by molar-refractivity contribution is 5.98. The van der Waals surface area contributed by atoms with Crippen LogP contribution in [0.2, 0.25) is 0 Å². The van der Waals surface area contributed by atoms with Crippen molar-refractivity contribution >= 4 is 42.4 Å². The second kappa shape index (κ2) is 8.50. The Labute approximate surface area is 155 Å². The lowest BCUT2D eigenvalue weighted by molar-refractivity contribution is -0.384. The monoisotopic (exact) mass is 390 g/mol. The maximum absolute atomic E-state index is 11.6. The van der Waals surface area contributed by atoms with Crippen LogP contribution in [-0.4, -0.2) is 27.1 Å². The van der Waals surface area contributed by atoms with E-state index in [1.54, 1.807) is 0 Å². The minimum atomic E-state index is -1.28. The van der Waals surface area contributed by atoms with Gasteiger partial charge < -0.3 is 15.5 Å². The number of allylic oxidation sites excluding steroid dienone is 2. The third-order valence-electron chi connectivity index (χ3n) is 3.64. The van der Waals surface area contributed by atoms with Gasteiger partial charge in [-0.1, -0.05) is 12.1 Å². The standard InChI is InChI=1S/C15H14N2O6.2ClH/c1-7-11(14(18)19)13(12(15(20)21)8(2)16-7)9-4-3-5-10(6-9)17(22)23;;/h3-6,13,16H,1-2H3,(H,18,19)(H,20,21);2*1H. The second-order valence-corrected chi connectivity index (χ2v) is 5.10. The highest BCUT2D eigenvalue weighted by Crippen LogP contribution is 2.39. The number of benzene rings is 1. The van der Waals surface area contributed by atoms with Crippen LogP contribution in [0.25, 0.3) is 0 Å². The van der Waals surface area contributed by atoms with E-state index in [4.69, 9.17) is 0 Å². The van der Waals surface area contributed by atoms with Gasteiger partial charge in [0.2, 0.25) is 0 Å². The van der Waals surface area contributed by atoms with Gasteiger partial charge in [-0.15, -0.1) is 24.8 Å². The number of nitro groups is 1. The smallest absolute Gasteiger partial charge is 0.334 e. The Balaban J connectivity index is 0.00000288. The summed E-state index contributed by atoms with van der Waals surface area (Å²) in [4.78, 5) is 33.5. The molecule has 25 heavy (non-hydrogen) atoms. The zero-order chi connectivity index (χ0) is 17.3. The van der Waals surface area contributed by atoms with Gasteiger partial charge in [0.25, 0.3) is 5.69 Å². The van der Waals surface area contributed by atoms with E-state index in [0.29, 0.717) is 11.4 Å². The van der Waals surface area contributed by atoms with Crippen molar-refractivity contribution in [2.24, 2.45) is 0 Å². The number of nitro benzene ring substituents is 1. The summed E-state index contributed by atoms with van der Waals surface area (Å²) in [5.41, 5.74) is 0.329. The molecule has 1 aromatic carbocycles. The number of carbonyl (C=O) groups is 2. The minimum Gasteiger partial charge on any atom is -0.478 e. The molecule has 1 aliphatic rings. The van der Waals surface area contributed by atoms with E-state index in [-0.39, 0.29) is 47.2 Å². The molecule has 0 spiro atoms. The molecule has 1 heterocycles. The molecular formula is C15H16Cl2N2O6. The second-order valence-electron chi connectivity index (χ2n) is 5.10. The van der Waals surface area contributed by atoms with Crippen molar-refractivity contribution in [2.75, 3.05) is 0 Å². The van der Waals surface area contributed by atoms with Crippen LogP contribution in [-0.2, 0) is 9.59 Å². The molecule has 0 amide bonds. The van der Waals surface area contributed by atoms with Crippen molar-refractivity contribution in [3.63, 3.8) is 0 Å². The average molecular weight is 391 g/mol. The summed E-state index contributed by atoms with van der Waals surface area (Å²) in [6.07, 6.45) is 0. The van der Waals surface area contributed by atoms with Crippen molar-refractivity contribution in [3.05, 3.63) is 62.5 Å². The summed E-state index contributed by atoms with van der Waals surface area (Å²) in [6.45, 7) is 3.05. The lowest BCUT2D eigenvalue weighted by atomic mass is 9.80. The molecule has 0 aromatic heterocycles. The molecule has 0 bridgehead atoms. The van der Waals surface area contributed by atoms with Crippen molar-refractivity contribution < 1.29 is 24.7 Å². The fourth-order valence-electron chi connectivity index (χ4n) is 2.71. The van der Waals surface area contributed by atoms with Gasteiger partial charge in [-0.2, -0.15) is 0 Å². The summed E-state index contributed by atoms with van der Waals surface area (Å²) < 4.78 is 0. The molecule has 10 heteroatoms. The van der Waals surface area contributed by atoms with E-state index in [2.05, 4.69) is 5.32 Å². The average Bonchev–Trinajstić information content (AvgIpc) is 2.45. The van der Waals surface area contributed by atoms with Crippen molar-refractivity contribution in [3.8, 4) is 0 Å². The van der Waals surface area contributed by atoms with Crippen LogP contribution >= 0.6 is 24.8 Å². The molecule has 136 valence electrons. The predicted octanol–water partition coefficient (Wildman–Crippen LogP) is 2.84. The van der Waals surface area contributed by atoms with Crippen LogP contribution in [0.1, 0.15) is 25.3 Å². The molecule has 8 nitrogen and oxygen atoms in total. The van der Waals surface area contributed by atoms with E-state index < -0.39 is 22.8 Å². The van der Waals surface area contributed by atoms with Crippen LogP contribution in [0.3, 0.4) is 0 Å². The van der Waals surface area contributed by atoms with Crippen molar-refractivity contribution in [1.82, 2.24) is 5.32 Å². The molecule has 0 radical (unpaired) electrons. The molecule has 0 saturated heterocycles. The number of non-ortho nitro benzene ring substituents is 1. The van der Waals surface area contributed by atoms with E-state index in [1.807, 2.05) is 0 Å². The Morgan fingerprint density at radius 2 is 1.56 bits per heavy atom. The normalized spacial score (nSPS) is 14.2. The lowest BCUT2D eigenvalue weighted by Gasteiger charge is -2.28. The predicted molar refractivity (Wildman–Crippen MR) is 94.1 cm³/mol. The van der Waals surface area contributed by atoms with E-state index in [1.165, 1.54) is 38.1 Å². The molecule has 1 aliphatic heterocycles. The van der Waals surface area contributed by atoms with Gasteiger partial charge in [0.05, 0.1) is 22.0 Å². The van der Waals surface area contributed by atoms with E-state index in [9.17, 15) is 29.9 Å². The van der Waals surface area contributed by atoms with Crippen LogP contribution in [0.15, 0.2) is 46.8 Å². The fourth-order valence-corrected chi connectivity index (χ4v) is 2.71. The number of carboxylic acid groups (broad SMARTS) is 2. The quantitative estimate of drug-likeness (QED) is 0.532. The highest BCUT2D eigenvalue weighted by Gasteiger charge is 2.36. The van der Waals surface area contributed by atoms with Crippen molar-refractivity contribution in [2.45, 2.75) is 19.8 Å². The molecule has 2 rings (SSSR count). The first-order valence-corrected chi connectivity index (χ1v) is 6.63. The summed E-state index contributed by atoms with van der Waals surface area (Å²) in [7, 11) is 0. The summed E-state index contributed by atoms with van der Waals surface area (Å²) in [5.74, 6) is -3.65. The maximum atomic E-state index is 11.6. The molecular weight excluding hydrogens is 375 g/mol.